The molecule has 0 bridgehead atoms. The molecule has 0 aromatic heterocycles. The van der Waals surface area contributed by atoms with Gasteiger partial charge in [0.2, 0.25) is 5.91 Å². The maximum Gasteiger partial charge on any atom is 0.222 e. The second-order valence-electron chi connectivity index (χ2n) is 10.9. The largest absolute Gasteiger partial charge is 0.340 e. The summed E-state index contributed by atoms with van der Waals surface area (Å²) >= 11 is 9.35. The second-order valence-corrected chi connectivity index (χ2v) is 12.3. The average Bonchev–Trinajstić information content (AvgIpc) is 2.66. The van der Waals surface area contributed by atoms with Crippen molar-refractivity contribution in [3.8, 4) is 0 Å². The normalized spacial score (nSPS) is 18.3. The zero-order chi connectivity index (χ0) is 22.9. The standard InChI is InChI=1S/C24H46N2O2S2/c1-23(2,3)21(27)13-11-19(29)9-7-8-10-20(30)12-14-22(28)25-15-17-26(18-16-25)24(4,5)6/h19-20,29-30H,7-18H2,1-6H3. The molecule has 0 aliphatic carbocycles. The van der Waals surface area contributed by atoms with Crippen molar-refractivity contribution in [1.82, 2.24) is 9.80 Å². The van der Waals surface area contributed by atoms with Crippen LogP contribution in [0.5, 0.6) is 0 Å². The molecule has 6 heteroatoms. The summed E-state index contributed by atoms with van der Waals surface area (Å²) in [6.45, 7) is 16.2. The van der Waals surface area contributed by atoms with E-state index in [1.54, 1.807) is 0 Å². The molecule has 1 heterocycles. The summed E-state index contributed by atoms with van der Waals surface area (Å²) in [6.07, 6.45) is 7.24. The highest BCUT2D eigenvalue weighted by Gasteiger charge is 2.27. The van der Waals surface area contributed by atoms with Crippen LogP contribution in [0.1, 0.15) is 92.9 Å². The lowest BCUT2D eigenvalue weighted by Gasteiger charge is -2.42. The van der Waals surface area contributed by atoms with E-state index in [0.29, 0.717) is 23.9 Å². The third-order valence-electron chi connectivity index (χ3n) is 6.14. The van der Waals surface area contributed by atoms with Crippen LogP contribution in [0.15, 0.2) is 0 Å². The van der Waals surface area contributed by atoms with Crippen molar-refractivity contribution >= 4 is 36.9 Å². The van der Waals surface area contributed by atoms with Gasteiger partial charge in [0.15, 0.2) is 0 Å². The number of carbonyl (C=O) groups is 2. The molecule has 1 amide bonds. The number of rotatable bonds is 11. The first-order chi connectivity index (χ1) is 13.8. The molecule has 30 heavy (non-hydrogen) atoms. The Balaban J connectivity index is 2.13. The molecule has 176 valence electrons. The first kappa shape index (κ1) is 27.8. The number of thiol groups is 2. The van der Waals surface area contributed by atoms with Crippen molar-refractivity contribution in [3.05, 3.63) is 0 Å². The first-order valence-electron chi connectivity index (χ1n) is 11.7. The van der Waals surface area contributed by atoms with E-state index >= 15 is 0 Å². The SMILES string of the molecule is CC(C)(C)C(=O)CCC(S)CCCCC(S)CCC(=O)N1CCN(C(C)(C)C)CC1. The zero-order valence-electron chi connectivity index (χ0n) is 20.2. The van der Waals surface area contributed by atoms with E-state index < -0.39 is 0 Å². The van der Waals surface area contributed by atoms with Crippen molar-refractivity contribution in [2.24, 2.45) is 5.41 Å². The van der Waals surface area contributed by atoms with Crippen LogP contribution in [-0.2, 0) is 9.59 Å². The van der Waals surface area contributed by atoms with Gasteiger partial charge < -0.3 is 4.90 Å². The number of Topliss-reactive ketones (excluding diaryl/α,β-unsaturated/α-hetero) is 1. The maximum absolute atomic E-state index is 12.5. The average molecular weight is 459 g/mol. The molecule has 4 nitrogen and oxygen atoms in total. The summed E-state index contributed by atoms with van der Waals surface area (Å²) in [6, 6.07) is 0. The van der Waals surface area contributed by atoms with Gasteiger partial charge >= 0.3 is 0 Å². The lowest BCUT2D eigenvalue weighted by molar-refractivity contribution is -0.133. The Morgan fingerprint density at radius 3 is 1.67 bits per heavy atom. The molecule has 2 atom stereocenters. The Morgan fingerprint density at radius 1 is 0.767 bits per heavy atom. The van der Waals surface area contributed by atoms with Crippen molar-refractivity contribution in [2.45, 2.75) is 109 Å². The lowest BCUT2D eigenvalue weighted by atomic mass is 9.87. The van der Waals surface area contributed by atoms with Gasteiger partial charge in [-0.1, -0.05) is 33.6 Å². The van der Waals surface area contributed by atoms with Gasteiger partial charge in [0.05, 0.1) is 0 Å². The van der Waals surface area contributed by atoms with Gasteiger partial charge in [0.1, 0.15) is 5.78 Å². The minimum absolute atomic E-state index is 0.180. The van der Waals surface area contributed by atoms with Gasteiger partial charge in [0, 0.05) is 60.5 Å². The number of ketones is 1. The quantitative estimate of drug-likeness (QED) is 0.328. The van der Waals surface area contributed by atoms with Crippen LogP contribution in [0, 0.1) is 5.41 Å². The molecular weight excluding hydrogens is 412 g/mol. The van der Waals surface area contributed by atoms with E-state index in [0.717, 1.165) is 64.7 Å². The van der Waals surface area contributed by atoms with Crippen molar-refractivity contribution in [3.63, 3.8) is 0 Å². The zero-order valence-corrected chi connectivity index (χ0v) is 22.0. The number of amides is 1. The molecular formula is C24H46N2O2S2. The minimum Gasteiger partial charge on any atom is -0.340 e. The second kappa shape index (κ2) is 12.7. The Morgan fingerprint density at radius 2 is 1.23 bits per heavy atom. The molecule has 1 aliphatic heterocycles. The smallest absolute Gasteiger partial charge is 0.222 e. The van der Waals surface area contributed by atoms with Gasteiger partial charge in [-0.15, -0.1) is 0 Å². The number of piperazine rings is 1. The van der Waals surface area contributed by atoms with Crippen molar-refractivity contribution < 1.29 is 9.59 Å². The fourth-order valence-corrected chi connectivity index (χ4v) is 4.42. The van der Waals surface area contributed by atoms with E-state index in [2.05, 4.69) is 38.3 Å². The van der Waals surface area contributed by atoms with Crippen LogP contribution in [0.25, 0.3) is 0 Å². The summed E-state index contributed by atoms with van der Waals surface area (Å²) in [4.78, 5) is 29.0. The summed E-state index contributed by atoms with van der Waals surface area (Å²) in [7, 11) is 0. The van der Waals surface area contributed by atoms with Crippen molar-refractivity contribution in [2.75, 3.05) is 26.2 Å². The Bertz CT molecular complexity index is 532. The lowest BCUT2D eigenvalue weighted by Crippen LogP contribution is -2.54. The number of unbranched alkanes of at least 4 members (excludes halogenated alkanes) is 1. The first-order valence-corrected chi connectivity index (χ1v) is 12.8. The van der Waals surface area contributed by atoms with Crippen LogP contribution >= 0.6 is 25.3 Å². The highest BCUT2D eigenvalue weighted by molar-refractivity contribution is 7.81. The third-order valence-corrected chi connectivity index (χ3v) is 7.17. The minimum atomic E-state index is -0.246. The van der Waals surface area contributed by atoms with Crippen LogP contribution in [-0.4, -0.2) is 63.7 Å². The molecule has 0 radical (unpaired) electrons. The number of hydrogen-bond acceptors (Lipinski definition) is 5. The molecule has 0 saturated carbocycles. The van der Waals surface area contributed by atoms with Crippen LogP contribution in [0.3, 0.4) is 0 Å². The van der Waals surface area contributed by atoms with Gasteiger partial charge in [-0.3, -0.25) is 14.5 Å². The number of hydrogen-bond donors (Lipinski definition) is 2. The van der Waals surface area contributed by atoms with Crippen LogP contribution in [0.2, 0.25) is 0 Å². The predicted octanol–water partition coefficient (Wildman–Crippen LogP) is 5.26. The summed E-state index contributed by atoms with van der Waals surface area (Å²) in [5, 5.41) is 0.577. The summed E-state index contributed by atoms with van der Waals surface area (Å²) in [5.41, 5.74) is -0.0656. The Labute approximate surface area is 196 Å². The van der Waals surface area contributed by atoms with Gasteiger partial charge in [-0.25, -0.2) is 0 Å². The summed E-state index contributed by atoms with van der Waals surface area (Å²) in [5.74, 6) is 0.600. The van der Waals surface area contributed by atoms with Gasteiger partial charge in [-0.2, -0.15) is 25.3 Å². The summed E-state index contributed by atoms with van der Waals surface area (Å²) < 4.78 is 0. The molecule has 0 aromatic rings. The Hall–Kier alpha value is -0.200. The van der Waals surface area contributed by atoms with Gasteiger partial charge in [0.25, 0.3) is 0 Å². The molecule has 0 aromatic carbocycles. The van der Waals surface area contributed by atoms with E-state index in [-0.39, 0.29) is 22.1 Å². The molecule has 1 saturated heterocycles. The fourth-order valence-electron chi connectivity index (χ4n) is 3.80. The molecule has 1 fully saturated rings. The molecule has 2 unspecified atom stereocenters. The molecule has 1 rings (SSSR count). The number of carbonyl (C=O) groups excluding carboxylic acids is 2. The van der Waals surface area contributed by atoms with Crippen LogP contribution in [0.4, 0.5) is 0 Å². The van der Waals surface area contributed by atoms with E-state index in [9.17, 15) is 9.59 Å². The fraction of sp³-hybridized carbons (Fsp3) is 0.917. The van der Waals surface area contributed by atoms with E-state index in [4.69, 9.17) is 12.6 Å². The predicted molar refractivity (Wildman–Crippen MR) is 135 cm³/mol. The van der Waals surface area contributed by atoms with Crippen molar-refractivity contribution in [1.29, 1.82) is 0 Å². The maximum atomic E-state index is 12.5. The van der Waals surface area contributed by atoms with E-state index in [1.807, 2.05) is 25.7 Å². The van der Waals surface area contributed by atoms with Crippen LogP contribution < -0.4 is 0 Å². The number of nitrogens with zero attached hydrogens (tertiary/aromatic N) is 2. The van der Waals surface area contributed by atoms with Gasteiger partial charge in [-0.05, 0) is 46.5 Å². The third kappa shape index (κ3) is 10.9. The molecule has 1 aliphatic rings. The van der Waals surface area contributed by atoms with E-state index in [1.165, 1.54) is 0 Å². The Kier molecular flexibility index (Phi) is 11.8. The monoisotopic (exact) mass is 458 g/mol. The topological polar surface area (TPSA) is 40.6 Å². The highest BCUT2D eigenvalue weighted by Crippen LogP contribution is 2.22. The highest BCUT2D eigenvalue weighted by atomic mass is 32.1. The molecule has 0 N–H and O–H groups in total. The molecule has 0 spiro atoms.